The second-order valence-corrected chi connectivity index (χ2v) is 6.45. The van der Waals surface area contributed by atoms with E-state index in [-0.39, 0.29) is 12.5 Å². The molecule has 3 aromatic rings. The summed E-state index contributed by atoms with van der Waals surface area (Å²) < 4.78 is 14.5. The molecule has 0 saturated carbocycles. The van der Waals surface area contributed by atoms with Crippen LogP contribution >= 0.6 is 11.6 Å². The van der Waals surface area contributed by atoms with Gasteiger partial charge in [-0.05, 0) is 29.8 Å². The molecule has 3 heterocycles. The fourth-order valence-electron chi connectivity index (χ4n) is 2.96. The van der Waals surface area contributed by atoms with Crippen molar-refractivity contribution in [2.45, 2.75) is 6.17 Å². The van der Waals surface area contributed by atoms with Crippen molar-refractivity contribution in [3.8, 4) is 11.1 Å². The molecule has 0 N–H and O–H groups in total. The standard InChI is InChI=1S/C18H15ClFN3O/c19-14-3-1-2-12(6-14)13-7-17-16(21-8-13)4-5-23(17)18(24)11-22-9-15(20)10-22/h1-8,15H,9-11H2. The van der Waals surface area contributed by atoms with Gasteiger partial charge in [-0.3, -0.25) is 19.2 Å². The monoisotopic (exact) mass is 343 g/mol. The van der Waals surface area contributed by atoms with Crippen LogP contribution in [0.4, 0.5) is 4.39 Å². The van der Waals surface area contributed by atoms with Gasteiger partial charge in [0.05, 0.1) is 17.6 Å². The number of halogens is 2. The number of hydrogen-bond donors (Lipinski definition) is 0. The second kappa shape index (κ2) is 6.00. The molecule has 1 fully saturated rings. The number of pyridine rings is 1. The van der Waals surface area contributed by atoms with E-state index in [2.05, 4.69) is 4.98 Å². The Morgan fingerprint density at radius 1 is 1.25 bits per heavy atom. The maximum atomic E-state index is 12.9. The first-order valence-electron chi connectivity index (χ1n) is 7.73. The topological polar surface area (TPSA) is 38.1 Å². The lowest BCUT2D eigenvalue weighted by molar-refractivity contribution is 0.0523. The minimum absolute atomic E-state index is 0.0815. The fourth-order valence-corrected chi connectivity index (χ4v) is 3.15. The number of carbonyl (C=O) groups is 1. The van der Waals surface area contributed by atoms with Crippen molar-refractivity contribution in [2.75, 3.05) is 19.6 Å². The Morgan fingerprint density at radius 2 is 2.08 bits per heavy atom. The number of nitrogens with zero attached hydrogens (tertiary/aromatic N) is 3. The molecule has 1 aromatic carbocycles. The van der Waals surface area contributed by atoms with Crippen LogP contribution in [0.5, 0.6) is 0 Å². The Balaban J connectivity index is 1.67. The summed E-state index contributed by atoms with van der Waals surface area (Å²) in [5.74, 6) is -0.0815. The predicted octanol–water partition coefficient (Wildman–Crippen LogP) is 3.65. The van der Waals surface area contributed by atoms with Gasteiger partial charge in [0.1, 0.15) is 6.17 Å². The highest BCUT2D eigenvalue weighted by Crippen LogP contribution is 2.25. The molecule has 1 aliphatic rings. The van der Waals surface area contributed by atoms with Gasteiger partial charge in [-0.1, -0.05) is 23.7 Å². The Labute approximate surface area is 143 Å². The fraction of sp³-hybridized carbons (Fsp3) is 0.222. The largest absolute Gasteiger partial charge is 0.289 e. The van der Waals surface area contributed by atoms with Crippen LogP contribution in [-0.2, 0) is 0 Å². The molecule has 24 heavy (non-hydrogen) atoms. The number of carbonyl (C=O) groups excluding carboxylic acids is 1. The van der Waals surface area contributed by atoms with E-state index in [1.165, 1.54) is 0 Å². The molecule has 4 nitrogen and oxygen atoms in total. The maximum absolute atomic E-state index is 12.9. The number of benzene rings is 1. The average Bonchev–Trinajstić information content (AvgIpc) is 2.96. The molecule has 0 aliphatic carbocycles. The SMILES string of the molecule is O=C(CN1CC(F)C1)n1ccc2ncc(-c3cccc(Cl)c3)cc21. The molecular formula is C18H15ClFN3O. The maximum Gasteiger partial charge on any atom is 0.245 e. The van der Waals surface area contributed by atoms with Crippen molar-refractivity contribution in [1.29, 1.82) is 0 Å². The first kappa shape index (κ1) is 15.3. The molecule has 0 bridgehead atoms. The van der Waals surface area contributed by atoms with Gasteiger partial charge in [-0.15, -0.1) is 0 Å². The minimum Gasteiger partial charge on any atom is -0.289 e. The summed E-state index contributed by atoms with van der Waals surface area (Å²) in [6.45, 7) is 0.875. The second-order valence-electron chi connectivity index (χ2n) is 6.01. The van der Waals surface area contributed by atoms with Crippen LogP contribution in [0.25, 0.3) is 22.2 Å². The lowest BCUT2D eigenvalue weighted by Gasteiger charge is -2.33. The van der Waals surface area contributed by atoms with Gasteiger partial charge >= 0.3 is 0 Å². The third-order valence-corrected chi connectivity index (χ3v) is 4.47. The molecule has 6 heteroatoms. The first-order chi connectivity index (χ1) is 11.6. The summed E-state index contributed by atoms with van der Waals surface area (Å²) in [4.78, 5) is 18.7. The van der Waals surface area contributed by atoms with Gasteiger partial charge in [0.2, 0.25) is 5.91 Å². The van der Waals surface area contributed by atoms with Gasteiger partial charge in [-0.25, -0.2) is 4.39 Å². The molecule has 0 spiro atoms. The van der Waals surface area contributed by atoms with Crippen molar-refractivity contribution in [1.82, 2.24) is 14.5 Å². The van der Waals surface area contributed by atoms with E-state index in [9.17, 15) is 9.18 Å². The quantitative estimate of drug-likeness (QED) is 0.728. The van der Waals surface area contributed by atoms with Gasteiger partial charge in [0.25, 0.3) is 0 Å². The van der Waals surface area contributed by atoms with Crippen LogP contribution in [0, 0.1) is 0 Å². The van der Waals surface area contributed by atoms with E-state index in [1.807, 2.05) is 36.4 Å². The van der Waals surface area contributed by atoms with Crippen molar-refractivity contribution in [2.24, 2.45) is 0 Å². The molecule has 0 atom stereocenters. The highest BCUT2D eigenvalue weighted by Gasteiger charge is 2.28. The Hall–Kier alpha value is -2.24. The molecule has 0 amide bonds. The minimum atomic E-state index is -0.810. The van der Waals surface area contributed by atoms with Crippen molar-refractivity contribution < 1.29 is 9.18 Å². The zero-order valence-electron chi connectivity index (χ0n) is 12.8. The Morgan fingerprint density at radius 3 is 2.83 bits per heavy atom. The van der Waals surface area contributed by atoms with Crippen molar-refractivity contribution in [3.05, 3.63) is 53.8 Å². The van der Waals surface area contributed by atoms with E-state index in [0.29, 0.717) is 18.1 Å². The van der Waals surface area contributed by atoms with Crippen molar-refractivity contribution >= 4 is 28.5 Å². The Bertz CT molecular complexity index is 918. The van der Waals surface area contributed by atoms with E-state index in [0.717, 1.165) is 22.2 Å². The van der Waals surface area contributed by atoms with Gasteiger partial charge < -0.3 is 0 Å². The molecule has 0 radical (unpaired) electrons. The number of aromatic nitrogens is 2. The molecule has 0 unspecified atom stereocenters. The lowest BCUT2D eigenvalue weighted by Crippen LogP contribution is -2.50. The zero-order chi connectivity index (χ0) is 16.7. The van der Waals surface area contributed by atoms with Crippen molar-refractivity contribution in [3.63, 3.8) is 0 Å². The molecule has 122 valence electrons. The summed E-state index contributed by atoms with van der Waals surface area (Å²) in [6, 6.07) is 11.2. The molecular weight excluding hydrogens is 329 g/mol. The van der Waals surface area contributed by atoms with Gasteiger partial charge in [-0.2, -0.15) is 0 Å². The molecule has 4 rings (SSSR count). The van der Waals surface area contributed by atoms with Gasteiger partial charge in [0, 0.05) is 36.1 Å². The van der Waals surface area contributed by atoms with Crippen LogP contribution in [0.2, 0.25) is 5.02 Å². The van der Waals surface area contributed by atoms with Crippen LogP contribution in [0.1, 0.15) is 4.79 Å². The Kier molecular flexibility index (Phi) is 3.82. The normalized spacial score (nSPS) is 15.6. The highest BCUT2D eigenvalue weighted by atomic mass is 35.5. The number of rotatable bonds is 3. The summed E-state index contributed by atoms with van der Waals surface area (Å²) in [5.41, 5.74) is 3.33. The molecule has 1 saturated heterocycles. The summed E-state index contributed by atoms with van der Waals surface area (Å²) in [7, 11) is 0. The third-order valence-electron chi connectivity index (χ3n) is 4.24. The summed E-state index contributed by atoms with van der Waals surface area (Å²) >= 11 is 6.05. The number of hydrogen-bond acceptors (Lipinski definition) is 3. The third kappa shape index (κ3) is 2.81. The zero-order valence-corrected chi connectivity index (χ0v) is 13.6. The summed E-state index contributed by atoms with van der Waals surface area (Å²) in [5, 5.41) is 0.651. The predicted molar refractivity (Wildman–Crippen MR) is 92.1 cm³/mol. The van der Waals surface area contributed by atoms with E-state index >= 15 is 0 Å². The van der Waals surface area contributed by atoms with Crippen LogP contribution in [-0.4, -0.2) is 46.2 Å². The molecule has 2 aromatic heterocycles. The number of alkyl halides is 1. The van der Waals surface area contributed by atoms with Crippen LogP contribution in [0.15, 0.2) is 48.8 Å². The van der Waals surface area contributed by atoms with Gasteiger partial charge in [0.15, 0.2) is 0 Å². The number of fused-ring (bicyclic) bond motifs is 1. The van der Waals surface area contributed by atoms with Crippen LogP contribution < -0.4 is 0 Å². The number of likely N-dealkylation sites (tertiary alicyclic amines) is 1. The lowest BCUT2D eigenvalue weighted by atomic mass is 10.1. The first-order valence-corrected chi connectivity index (χ1v) is 8.10. The van der Waals surface area contributed by atoms with Crippen LogP contribution in [0.3, 0.4) is 0 Å². The van der Waals surface area contributed by atoms with E-state index < -0.39 is 6.17 Å². The average molecular weight is 344 g/mol. The summed E-state index contributed by atoms with van der Waals surface area (Å²) in [6.07, 6.45) is 2.68. The smallest absolute Gasteiger partial charge is 0.245 e. The highest BCUT2D eigenvalue weighted by molar-refractivity contribution is 6.30. The van der Waals surface area contributed by atoms with E-state index in [4.69, 9.17) is 11.6 Å². The van der Waals surface area contributed by atoms with E-state index in [1.54, 1.807) is 21.9 Å². The molecule has 1 aliphatic heterocycles.